The number of carbonyl (C=O) groups is 2. The average molecular weight is 391 g/mol. The van der Waals surface area contributed by atoms with E-state index in [1.807, 2.05) is 0 Å². The molecule has 7 nitrogen and oxygen atoms in total. The highest BCUT2D eigenvalue weighted by atomic mass is 32.2. The van der Waals surface area contributed by atoms with E-state index in [2.05, 4.69) is 10.0 Å². The summed E-state index contributed by atoms with van der Waals surface area (Å²) in [5, 5.41) is 2.41. The van der Waals surface area contributed by atoms with E-state index in [1.54, 1.807) is 17.0 Å². The second kappa shape index (κ2) is 7.85. The van der Waals surface area contributed by atoms with Crippen molar-refractivity contribution in [1.82, 2.24) is 4.72 Å². The summed E-state index contributed by atoms with van der Waals surface area (Å²) in [6.07, 6.45) is 1.27. The van der Waals surface area contributed by atoms with Crippen molar-refractivity contribution < 1.29 is 22.4 Å². The first kappa shape index (κ1) is 19.0. The molecule has 1 fully saturated rings. The zero-order chi connectivity index (χ0) is 19.4. The lowest BCUT2D eigenvalue weighted by Crippen LogP contribution is -2.33. The van der Waals surface area contributed by atoms with Gasteiger partial charge in [0.25, 0.3) is 0 Å². The molecule has 27 heavy (non-hydrogen) atoms. The van der Waals surface area contributed by atoms with Crippen molar-refractivity contribution in [3.63, 3.8) is 0 Å². The second-order valence-electron chi connectivity index (χ2n) is 6.03. The van der Waals surface area contributed by atoms with Crippen LogP contribution in [0.15, 0.2) is 53.4 Å². The Morgan fingerprint density at radius 3 is 2.52 bits per heavy atom. The van der Waals surface area contributed by atoms with Gasteiger partial charge in [0.05, 0.1) is 11.4 Å². The van der Waals surface area contributed by atoms with E-state index in [4.69, 9.17) is 0 Å². The van der Waals surface area contributed by atoms with Crippen LogP contribution in [0.5, 0.6) is 0 Å². The molecule has 0 bridgehead atoms. The van der Waals surface area contributed by atoms with E-state index in [9.17, 15) is 22.4 Å². The first-order chi connectivity index (χ1) is 12.8. The number of anilines is 2. The molecule has 2 aromatic rings. The number of benzene rings is 2. The van der Waals surface area contributed by atoms with Gasteiger partial charge in [-0.3, -0.25) is 9.59 Å². The van der Waals surface area contributed by atoms with Crippen molar-refractivity contribution in [2.24, 2.45) is 0 Å². The fourth-order valence-corrected chi connectivity index (χ4v) is 3.72. The Kier molecular flexibility index (Phi) is 5.52. The molecule has 0 atom stereocenters. The van der Waals surface area contributed by atoms with Gasteiger partial charge in [0.15, 0.2) is 0 Å². The summed E-state index contributed by atoms with van der Waals surface area (Å²) in [7, 11) is -3.90. The number of sulfonamides is 1. The number of hydrogen-bond acceptors (Lipinski definition) is 4. The van der Waals surface area contributed by atoms with E-state index < -0.39 is 28.3 Å². The summed E-state index contributed by atoms with van der Waals surface area (Å²) in [4.78, 5) is 25.2. The summed E-state index contributed by atoms with van der Waals surface area (Å²) < 4.78 is 39.9. The van der Waals surface area contributed by atoms with E-state index >= 15 is 0 Å². The van der Waals surface area contributed by atoms with Crippen molar-refractivity contribution in [1.29, 1.82) is 0 Å². The van der Waals surface area contributed by atoms with Crippen LogP contribution in [0.4, 0.5) is 15.8 Å². The third kappa shape index (κ3) is 4.69. The number of amides is 2. The van der Waals surface area contributed by atoms with Crippen molar-refractivity contribution in [3.8, 4) is 0 Å². The molecular formula is C18H18FN3O4S. The van der Waals surface area contributed by atoms with Gasteiger partial charge in [0, 0.05) is 24.3 Å². The number of carbonyl (C=O) groups excluding carboxylic acids is 2. The van der Waals surface area contributed by atoms with Gasteiger partial charge in [0.1, 0.15) is 5.82 Å². The number of rotatable bonds is 6. The maximum absolute atomic E-state index is 13.1. The Balaban J connectivity index is 1.60. The third-order valence-electron chi connectivity index (χ3n) is 4.06. The lowest BCUT2D eigenvalue weighted by Gasteiger charge is -2.16. The molecule has 0 spiro atoms. The van der Waals surface area contributed by atoms with Crippen molar-refractivity contribution in [2.75, 3.05) is 23.3 Å². The lowest BCUT2D eigenvalue weighted by molar-refractivity contribution is -0.117. The normalized spacial score (nSPS) is 14.4. The Morgan fingerprint density at radius 2 is 1.89 bits per heavy atom. The van der Waals surface area contributed by atoms with E-state index in [0.717, 1.165) is 12.5 Å². The molecule has 0 aliphatic carbocycles. The minimum absolute atomic E-state index is 0.0118. The number of hydrogen-bond donors (Lipinski definition) is 2. The summed E-state index contributed by atoms with van der Waals surface area (Å²) in [5.41, 5.74) is 0.874. The zero-order valence-electron chi connectivity index (χ0n) is 14.3. The molecule has 1 heterocycles. The molecule has 3 rings (SSSR count). The molecule has 0 unspecified atom stereocenters. The molecule has 142 valence electrons. The summed E-state index contributed by atoms with van der Waals surface area (Å²) in [6.45, 7) is 0.120. The van der Waals surface area contributed by atoms with Gasteiger partial charge in [-0.2, -0.15) is 0 Å². The van der Waals surface area contributed by atoms with Gasteiger partial charge in [-0.05, 0) is 48.9 Å². The number of halogens is 1. The quantitative estimate of drug-likeness (QED) is 0.786. The van der Waals surface area contributed by atoms with Crippen LogP contribution in [0.2, 0.25) is 0 Å². The van der Waals surface area contributed by atoms with E-state index in [-0.39, 0.29) is 16.5 Å². The Morgan fingerprint density at radius 1 is 1.15 bits per heavy atom. The van der Waals surface area contributed by atoms with Crippen molar-refractivity contribution >= 4 is 33.2 Å². The van der Waals surface area contributed by atoms with Crippen LogP contribution in [0, 0.1) is 5.82 Å². The van der Waals surface area contributed by atoms with E-state index in [1.165, 1.54) is 30.3 Å². The summed E-state index contributed by atoms with van der Waals surface area (Å²) in [6, 6.07) is 11.2. The first-order valence-electron chi connectivity index (χ1n) is 8.31. The van der Waals surface area contributed by atoms with Gasteiger partial charge >= 0.3 is 0 Å². The number of nitrogens with zero attached hydrogens (tertiary/aromatic N) is 1. The maximum Gasteiger partial charge on any atom is 0.241 e. The van der Waals surface area contributed by atoms with Gasteiger partial charge in [-0.15, -0.1) is 0 Å². The van der Waals surface area contributed by atoms with Crippen LogP contribution in [-0.4, -0.2) is 33.3 Å². The Hall–Kier alpha value is -2.78. The topological polar surface area (TPSA) is 95.6 Å². The lowest BCUT2D eigenvalue weighted by atomic mass is 10.3. The monoisotopic (exact) mass is 391 g/mol. The minimum Gasteiger partial charge on any atom is -0.325 e. The maximum atomic E-state index is 13.1. The van der Waals surface area contributed by atoms with Crippen LogP contribution >= 0.6 is 0 Å². The van der Waals surface area contributed by atoms with Gasteiger partial charge in [-0.25, -0.2) is 17.5 Å². The fourth-order valence-electron chi connectivity index (χ4n) is 2.74. The minimum atomic E-state index is -3.90. The summed E-state index contributed by atoms with van der Waals surface area (Å²) in [5.74, 6) is -1.12. The highest BCUT2D eigenvalue weighted by Crippen LogP contribution is 2.22. The van der Waals surface area contributed by atoms with Crippen LogP contribution in [0.3, 0.4) is 0 Å². The molecule has 1 aliphatic rings. The third-order valence-corrected chi connectivity index (χ3v) is 5.48. The zero-order valence-corrected chi connectivity index (χ0v) is 15.1. The molecule has 1 aliphatic heterocycles. The standard InChI is InChI=1S/C18H18FN3O4S/c19-13-3-1-4-14(11-13)21-17(23)12-20-27(25,26)16-8-6-15(7-9-16)22-10-2-5-18(22)24/h1,3-4,6-9,11,20H,2,5,10,12H2,(H,21,23). The van der Waals surface area contributed by atoms with Gasteiger partial charge in [0.2, 0.25) is 21.8 Å². The predicted molar refractivity (Wildman–Crippen MR) is 98.2 cm³/mol. The molecule has 2 N–H and O–H groups in total. The highest BCUT2D eigenvalue weighted by Gasteiger charge is 2.22. The molecule has 0 saturated carbocycles. The molecule has 2 aromatic carbocycles. The smallest absolute Gasteiger partial charge is 0.241 e. The molecule has 0 aromatic heterocycles. The van der Waals surface area contributed by atoms with Crippen molar-refractivity contribution in [3.05, 3.63) is 54.3 Å². The van der Waals surface area contributed by atoms with Gasteiger partial charge < -0.3 is 10.2 Å². The van der Waals surface area contributed by atoms with Crippen molar-refractivity contribution in [2.45, 2.75) is 17.7 Å². The molecule has 9 heteroatoms. The van der Waals surface area contributed by atoms with Gasteiger partial charge in [-0.1, -0.05) is 6.07 Å². The largest absolute Gasteiger partial charge is 0.325 e. The summed E-state index contributed by atoms with van der Waals surface area (Å²) >= 11 is 0. The SMILES string of the molecule is O=C(CNS(=O)(=O)c1ccc(N2CCCC2=O)cc1)Nc1cccc(F)c1. The average Bonchev–Trinajstić information content (AvgIpc) is 3.06. The Bertz CT molecular complexity index is 961. The van der Waals surface area contributed by atoms with Crippen LogP contribution in [0.25, 0.3) is 0 Å². The van der Waals surface area contributed by atoms with Crippen LogP contribution < -0.4 is 14.9 Å². The number of nitrogens with one attached hydrogen (secondary N) is 2. The molecular weight excluding hydrogens is 373 g/mol. The second-order valence-corrected chi connectivity index (χ2v) is 7.79. The Labute approximate surface area is 156 Å². The fraction of sp³-hybridized carbons (Fsp3) is 0.222. The predicted octanol–water partition coefficient (Wildman–Crippen LogP) is 1.87. The van der Waals surface area contributed by atoms with Crippen LogP contribution in [0.1, 0.15) is 12.8 Å². The molecule has 0 radical (unpaired) electrons. The molecule has 2 amide bonds. The van der Waals surface area contributed by atoms with Crippen LogP contribution in [-0.2, 0) is 19.6 Å². The molecule has 1 saturated heterocycles. The first-order valence-corrected chi connectivity index (χ1v) is 9.79. The highest BCUT2D eigenvalue weighted by molar-refractivity contribution is 7.89. The van der Waals surface area contributed by atoms with E-state index in [0.29, 0.717) is 18.7 Å².